The molecule has 6 rings (SSSR count). The summed E-state index contributed by atoms with van der Waals surface area (Å²) >= 11 is 0. The van der Waals surface area contributed by atoms with Crippen molar-refractivity contribution in [3.63, 3.8) is 0 Å². The SMILES string of the molecule is C[C@H]1CC[C@@]2(OC1)O[C@H]1C[C@@H]3[C@@H]4CC[C@@H]5C[C@H](O)[C@@H](O)[C@@H](O)[C@]5(C)[C@H]4CC[C@]3(C)[C@H]1[C@@H]2C. The highest BCUT2D eigenvalue weighted by Gasteiger charge is 2.70. The van der Waals surface area contributed by atoms with E-state index in [9.17, 15) is 15.3 Å². The van der Waals surface area contributed by atoms with Crippen molar-refractivity contribution >= 4 is 0 Å². The zero-order valence-corrected chi connectivity index (χ0v) is 20.4. The van der Waals surface area contributed by atoms with E-state index in [0.29, 0.717) is 54.0 Å². The molecule has 6 aliphatic rings. The van der Waals surface area contributed by atoms with E-state index in [1.54, 1.807) is 0 Å². The quantitative estimate of drug-likeness (QED) is 0.526. The standard InChI is InChI=1S/C27H44O5/c1-14-7-10-27(31-13-14)15(2)22-21(32-27)12-19-17-6-5-16-11-20(28)23(29)24(30)26(16,4)18(17)8-9-25(19,22)3/h14-24,28-30H,5-13H2,1-4H3/t14-,15-,16+,17+,18-,19+,20-,21-,22-,23+,24+,25-,26-,27+/m0/s1. The second-order valence-corrected chi connectivity index (χ2v) is 13.3. The summed E-state index contributed by atoms with van der Waals surface area (Å²) in [5.41, 5.74) is -0.0287. The number of hydrogen-bond donors (Lipinski definition) is 3. The lowest BCUT2D eigenvalue weighted by atomic mass is 9.43. The van der Waals surface area contributed by atoms with E-state index >= 15 is 0 Å². The van der Waals surface area contributed by atoms with Crippen molar-refractivity contribution in [3.05, 3.63) is 0 Å². The van der Waals surface area contributed by atoms with E-state index < -0.39 is 18.3 Å². The molecule has 4 saturated carbocycles. The molecule has 0 aromatic carbocycles. The second-order valence-electron chi connectivity index (χ2n) is 13.3. The van der Waals surface area contributed by atoms with Crippen molar-refractivity contribution in [2.75, 3.05) is 6.61 Å². The van der Waals surface area contributed by atoms with Gasteiger partial charge in [0.15, 0.2) is 5.79 Å². The number of fused-ring (bicyclic) bond motifs is 7. The third-order valence-electron chi connectivity index (χ3n) is 12.1. The first-order valence-electron chi connectivity index (χ1n) is 13.5. The molecule has 0 aromatic heterocycles. The van der Waals surface area contributed by atoms with Crippen LogP contribution < -0.4 is 0 Å². The zero-order chi connectivity index (χ0) is 22.6. The van der Waals surface area contributed by atoms with Gasteiger partial charge < -0.3 is 24.8 Å². The number of rotatable bonds is 0. The fourth-order valence-corrected chi connectivity index (χ4v) is 10.3. The fourth-order valence-electron chi connectivity index (χ4n) is 10.3. The van der Waals surface area contributed by atoms with Crippen molar-refractivity contribution in [3.8, 4) is 0 Å². The van der Waals surface area contributed by atoms with Gasteiger partial charge in [0.05, 0.1) is 24.9 Å². The van der Waals surface area contributed by atoms with E-state index in [-0.39, 0.29) is 16.6 Å². The largest absolute Gasteiger partial charge is 0.390 e. The summed E-state index contributed by atoms with van der Waals surface area (Å²) in [5, 5.41) is 32.1. The minimum Gasteiger partial charge on any atom is -0.390 e. The molecule has 0 radical (unpaired) electrons. The van der Waals surface area contributed by atoms with E-state index in [1.165, 1.54) is 19.3 Å². The molecule has 2 saturated heterocycles. The van der Waals surface area contributed by atoms with Gasteiger partial charge in [-0.05, 0) is 85.9 Å². The summed E-state index contributed by atoms with van der Waals surface area (Å²) in [6, 6.07) is 0. The van der Waals surface area contributed by atoms with Crippen molar-refractivity contribution in [1.29, 1.82) is 0 Å². The highest BCUT2D eigenvalue weighted by molar-refractivity contribution is 5.17. The molecule has 2 heterocycles. The minimum atomic E-state index is -1.01. The first-order valence-corrected chi connectivity index (χ1v) is 13.5. The predicted molar refractivity (Wildman–Crippen MR) is 121 cm³/mol. The zero-order valence-electron chi connectivity index (χ0n) is 20.4. The Kier molecular flexibility index (Phi) is 4.99. The van der Waals surface area contributed by atoms with Crippen molar-refractivity contribution in [2.45, 2.75) is 109 Å². The lowest BCUT2D eigenvalue weighted by Crippen LogP contribution is -2.64. The van der Waals surface area contributed by atoms with Crippen LogP contribution in [0.5, 0.6) is 0 Å². The molecule has 0 unspecified atom stereocenters. The van der Waals surface area contributed by atoms with Crippen LogP contribution in [-0.2, 0) is 9.47 Å². The maximum absolute atomic E-state index is 11.2. The Bertz CT molecular complexity index is 744. The van der Waals surface area contributed by atoms with Gasteiger partial charge in [-0.3, -0.25) is 0 Å². The highest BCUT2D eigenvalue weighted by Crippen LogP contribution is 2.71. The van der Waals surface area contributed by atoms with Crippen LogP contribution in [0.25, 0.3) is 0 Å². The smallest absolute Gasteiger partial charge is 0.171 e. The summed E-state index contributed by atoms with van der Waals surface area (Å²) < 4.78 is 13.3. The van der Waals surface area contributed by atoms with E-state index in [2.05, 4.69) is 27.7 Å². The van der Waals surface area contributed by atoms with Gasteiger partial charge in [0, 0.05) is 17.8 Å². The fraction of sp³-hybridized carbons (Fsp3) is 1.00. The number of aliphatic hydroxyl groups is 3. The predicted octanol–water partition coefficient (Wildman–Crippen LogP) is 3.74. The van der Waals surface area contributed by atoms with Crippen LogP contribution in [0.2, 0.25) is 0 Å². The molecule has 182 valence electrons. The van der Waals surface area contributed by atoms with Crippen molar-refractivity contribution in [1.82, 2.24) is 0 Å². The molecular formula is C27H44O5. The lowest BCUT2D eigenvalue weighted by Gasteiger charge is -2.63. The van der Waals surface area contributed by atoms with Crippen LogP contribution in [0.3, 0.4) is 0 Å². The molecule has 6 fully saturated rings. The summed E-state index contributed by atoms with van der Waals surface area (Å²) in [7, 11) is 0. The molecule has 5 heteroatoms. The second kappa shape index (κ2) is 7.16. The molecule has 0 bridgehead atoms. The number of hydrogen-bond acceptors (Lipinski definition) is 5. The highest BCUT2D eigenvalue weighted by atomic mass is 16.7. The van der Waals surface area contributed by atoms with Crippen LogP contribution >= 0.6 is 0 Å². The maximum atomic E-state index is 11.2. The van der Waals surface area contributed by atoms with Crippen LogP contribution in [0.1, 0.15) is 79.1 Å². The van der Waals surface area contributed by atoms with Gasteiger partial charge >= 0.3 is 0 Å². The van der Waals surface area contributed by atoms with Gasteiger partial charge in [-0.15, -0.1) is 0 Å². The Morgan fingerprint density at radius 1 is 0.875 bits per heavy atom. The molecule has 3 N–H and O–H groups in total. The molecular weight excluding hydrogens is 404 g/mol. The minimum absolute atomic E-state index is 0.266. The molecule has 0 amide bonds. The molecule has 32 heavy (non-hydrogen) atoms. The maximum Gasteiger partial charge on any atom is 0.171 e. The van der Waals surface area contributed by atoms with Crippen LogP contribution in [0, 0.1) is 52.3 Å². The van der Waals surface area contributed by atoms with Crippen LogP contribution in [0.4, 0.5) is 0 Å². The van der Waals surface area contributed by atoms with E-state index in [1.807, 2.05) is 0 Å². The third-order valence-corrected chi connectivity index (χ3v) is 12.1. The van der Waals surface area contributed by atoms with Crippen LogP contribution in [-0.4, -0.2) is 52.1 Å². The average Bonchev–Trinajstić information content (AvgIpc) is 3.21. The first-order chi connectivity index (χ1) is 15.1. The lowest BCUT2D eigenvalue weighted by molar-refractivity contribution is -0.274. The molecule has 1 spiro atoms. The molecule has 4 aliphatic carbocycles. The molecule has 5 nitrogen and oxygen atoms in total. The van der Waals surface area contributed by atoms with Gasteiger partial charge in [-0.25, -0.2) is 0 Å². The van der Waals surface area contributed by atoms with Crippen LogP contribution in [0.15, 0.2) is 0 Å². The van der Waals surface area contributed by atoms with Gasteiger partial charge in [-0.1, -0.05) is 27.7 Å². The summed E-state index contributed by atoms with van der Waals surface area (Å²) in [4.78, 5) is 0. The number of aliphatic hydroxyl groups excluding tert-OH is 3. The summed E-state index contributed by atoms with van der Waals surface area (Å²) in [5.74, 6) is 3.17. The monoisotopic (exact) mass is 448 g/mol. The Morgan fingerprint density at radius 2 is 1.66 bits per heavy atom. The topological polar surface area (TPSA) is 79.2 Å². The van der Waals surface area contributed by atoms with Crippen molar-refractivity contribution < 1.29 is 24.8 Å². The van der Waals surface area contributed by atoms with Gasteiger partial charge in [0.2, 0.25) is 0 Å². The summed E-state index contributed by atoms with van der Waals surface area (Å²) in [6.07, 6.45) is 6.17. The van der Waals surface area contributed by atoms with Gasteiger partial charge in [-0.2, -0.15) is 0 Å². The average molecular weight is 449 g/mol. The Balaban J connectivity index is 1.28. The first kappa shape index (κ1) is 22.3. The Hall–Kier alpha value is -0.200. The third kappa shape index (κ3) is 2.69. The van der Waals surface area contributed by atoms with Gasteiger partial charge in [0.1, 0.15) is 6.10 Å². The van der Waals surface area contributed by atoms with E-state index in [0.717, 1.165) is 32.3 Å². The van der Waals surface area contributed by atoms with E-state index in [4.69, 9.17) is 9.47 Å². The normalized spacial score (nSPS) is 64.0. The molecule has 14 atom stereocenters. The Morgan fingerprint density at radius 3 is 2.38 bits per heavy atom. The molecule has 2 aliphatic heterocycles. The summed E-state index contributed by atoms with van der Waals surface area (Å²) in [6.45, 7) is 10.2. The number of ether oxygens (including phenoxy) is 2. The Labute approximate surface area is 193 Å². The van der Waals surface area contributed by atoms with Crippen molar-refractivity contribution in [2.24, 2.45) is 52.3 Å². The van der Waals surface area contributed by atoms with Gasteiger partial charge in [0.25, 0.3) is 0 Å². The molecule has 0 aromatic rings.